The van der Waals surface area contributed by atoms with E-state index in [2.05, 4.69) is 24.7 Å². The van der Waals surface area contributed by atoms with Crippen molar-refractivity contribution in [2.75, 3.05) is 5.75 Å². The van der Waals surface area contributed by atoms with Gasteiger partial charge in [0, 0.05) is 6.04 Å². The molecule has 130 valence electrons. The Balaban J connectivity index is 2.43. The van der Waals surface area contributed by atoms with Gasteiger partial charge in [0.15, 0.2) is 0 Å². The third kappa shape index (κ3) is 6.25. The van der Waals surface area contributed by atoms with E-state index in [4.69, 9.17) is 10.2 Å². The van der Waals surface area contributed by atoms with Crippen molar-refractivity contribution in [3.63, 3.8) is 0 Å². The molecule has 2 atom stereocenters. The Morgan fingerprint density at radius 3 is 2.52 bits per heavy atom. The number of carbonyl (C=O) groups excluding carboxylic acids is 2. The maximum atomic E-state index is 11.9. The van der Waals surface area contributed by atoms with E-state index < -0.39 is 24.0 Å². The molecule has 8 heteroatoms. The summed E-state index contributed by atoms with van der Waals surface area (Å²) in [4.78, 5) is 23.7. The lowest BCUT2D eigenvalue weighted by atomic mass is 10.1. The number of nitrogens with two attached hydrogens (primary N) is 1. The number of amides is 2. The standard InChI is InChI=1S/C15H25N3O4S/c1-8(2)23-6-5-12(16)13(19)15(21)18-17-14(20)11-7-9(3)22-10(11)4/h7-8,12-13,19H,5-6,16H2,1-4H3,(H,17,20)(H,18,21)/t12-,13?/m1/s1. The van der Waals surface area contributed by atoms with Gasteiger partial charge >= 0.3 is 0 Å². The van der Waals surface area contributed by atoms with Crippen molar-refractivity contribution >= 4 is 23.6 Å². The first-order valence-electron chi connectivity index (χ1n) is 7.44. The predicted molar refractivity (Wildman–Crippen MR) is 90.0 cm³/mol. The quantitative estimate of drug-likeness (QED) is 0.546. The van der Waals surface area contributed by atoms with E-state index in [0.29, 0.717) is 28.8 Å². The fourth-order valence-electron chi connectivity index (χ4n) is 1.91. The second kappa shape index (κ2) is 8.95. The van der Waals surface area contributed by atoms with Crippen molar-refractivity contribution in [1.29, 1.82) is 0 Å². The molecule has 0 aliphatic rings. The van der Waals surface area contributed by atoms with Crippen LogP contribution in [-0.2, 0) is 4.79 Å². The molecule has 1 rings (SSSR count). The number of furan rings is 1. The fraction of sp³-hybridized carbons (Fsp3) is 0.600. The Bertz CT molecular complexity index is 545. The molecule has 0 saturated carbocycles. The first-order valence-corrected chi connectivity index (χ1v) is 8.49. The number of thioether (sulfide) groups is 1. The maximum Gasteiger partial charge on any atom is 0.273 e. The largest absolute Gasteiger partial charge is 0.466 e. The van der Waals surface area contributed by atoms with Gasteiger partial charge in [-0.3, -0.25) is 20.4 Å². The van der Waals surface area contributed by atoms with Crippen LogP contribution in [0.4, 0.5) is 0 Å². The van der Waals surface area contributed by atoms with Crippen molar-refractivity contribution in [2.45, 2.75) is 51.5 Å². The van der Waals surface area contributed by atoms with E-state index >= 15 is 0 Å². The molecule has 1 aromatic rings. The van der Waals surface area contributed by atoms with Crippen LogP contribution in [0.1, 0.15) is 42.1 Å². The van der Waals surface area contributed by atoms with Crippen LogP contribution >= 0.6 is 11.8 Å². The van der Waals surface area contributed by atoms with Crippen molar-refractivity contribution in [3.8, 4) is 0 Å². The number of hydrogen-bond donors (Lipinski definition) is 4. The third-order valence-corrected chi connectivity index (χ3v) is 4.30. The summed E-state index contributed by atoms with van der Waals surface area (Å²) in [6, 6.07) is 0.887. The summed E-state index contributed by atoms with van der Waals surface area (Å²) in [7, 11) is 0. The minimum Gasteiger partial charge on any atom is -0.466 e. The monoisotopic (exact) mass is 343 g/mol. The second-order valence-corrected chi connectivity index (χ2v) is 7.27. The van der Waals surface area contributed by atoms with Gasteiger partial charge in [0.1, 0.15) is 17.6 Å². The lowest BCUT2D eigenvalue weighted by Crippen LogP contribution is -2.52. The Morgan fingerprint density at radius 1 is 1.35 bits per heavy atom. The van der Waals surface area contributed by atoms with Crippen LogP contribution in [0.25, 0.3) is 0 Å². The number of carbonyl (C=O) groups is 2. The fourth-order valence-corrected chi connectivity index (χ4v) is 2.79. The van der Waals surface area contributed by atoms with Crippen molar-refractivity contribution in [3.05, 3.63) is 23.2 Å². The SMILES string of the molecule is Cc1cc(C(=O)NNC(=O)C(O)[C@H](N)CCSC(C)C)c(C)o1. The first kappa shape index (κ1) is 19.5. The maximum absolute atomic E-state index is 11.9. The molecular weight excluding hydrogens is 318 g/mol. The Labute approximate surface area is 140 Å². The Morgan fingerprint density at radius 2 is 2.00 bits per heavy atom. The normalized spacial score (nSPS) is 13.7. The Hall–Kier alpha value is -1.51. The summed E-state index contributed by atoms with van der Waals surface area (Å²) >= 11 is 1.71. The molecule has 0 aromatic carbocycles. The van der Waals surface area contributed by atoms with Crippen LogP contribution in [0, 0.1) is 13.8 Å². The summed E-state index contributed by atoms with van der Waals surface area (Å²) in [5.41, 5.74) is 10.6. The zero-order chi connectivity index (χ0) is 17.6. The molecule has 0 fully saturated rings. The number of aryl methyl sites for hydroxylation is 2. The molecule has 1 heterocycles. The number of hydrogen-bond acceptors (Lipinski definition) is 6. The summed E-state index contributed by atoms with van der Waals surface area (Å²) in [5, 5.41) is 10.3. The van der Waals surface area contributed by atoms with Crippen LogP contribution in [0.3, 0.4) is 0 Å². The number of aliphatic hydroxyl groups is 1. The lowest BCUT2D eigenvalue weighted by molar-refractivity contribution is -0.131. The molecule has 1 unspecified atom stereocenters. The highest BCUT2D eigenvalue weighted by atomic mass is 32.2. The van der Waals surface area contributed by atoms with Crippen molar-refractivity contribution < 1.29 is 19.1 Å². The average molecular weight is 343 g/mol. The van der Waals surface area contributed by atoms with E-state index in [9.17, 15) is 14.7 Å². The molecule has 0 saturated heterocycles. The van der Waals surface area contributed by atoms with Gasteiger partial charge < -0.3 is 15.3 Å². The van der Waals surface area contributed by atoms with Gasteiger partial charge in [-0.2, -0.15) is 11.8 Å². The van der Waals surface area contributed by atoms with Crippen molar-refractivity contribution in [1.82, 2.24) is 10.9 Å². The summed E-state index contributed by atoms with van der Waals surface area (Å²) in [5.74, 6) is 0.561. The number of aliphatic hydroxyl groups excluding tert-OH is 1. The van der Waals surface area contributed by atoms with Crippen LogP contribution in [0.2, 0.25) is 0 Å². The van der Waals surface area contributed by atoms with Crippen molar-refractivity contribution in [2.24, 2.45) is 5.73 Å². The summed E-state index contributed by atoms with van der Waals surface area (Å²) in [6.45, 7) is 7.50. The Kier molecular flexibility index (Phi) is 7.60. The molecular formula is C15H25N3O4S. The number of hydrazine groups is 1. The predicted octanol–water partition coefficient (Wildman–Crippen LogP) is 0.877. The van der Waals surface area contributed by atoms with Gasteiger partial charge in [0.05, 0.1) is 5.56 Å². The second-order valence-electron chi connectivity index (χ2n) is 5.59. The van der Waals surface area contributed by atoms with Gasteiger partial charge in [-0.05, 0) is 37.3 Å². The topological polar surface area (TPSA) is 118 Å². The van der Waals surface area contributed by atoms with Gasteiger partial charge in [-0.25, -0.2) is 0 Å². The average Bonchev–Trinajstić information content (AvgIpc) is 2.81. The van der Waals surface area contributed by atoms with E-state index in [-0.39, 0.29) is 0 Å². The summed E-state index contributed by atoms with van der Waals surface area (Å²) < 4.78 is 5.25. The van der Waals surface area contributed by atoms with Gasteiger partial charge in [-0.15, -0.1) is 0 Å². The van der Waals surface area contributed by atoms with E-state index in [1.54, 1.807) is 31.7 Å². The highest BCUT2D eigenvalue weighted by Crippen LogP contribution is 2.13. The third-order valence-electron chi connectivity index (χ3n) is 3.16. The highest BCUT2D eigenvalue weighted by Gasteiger charge is 2.23. The van der Waals surface area contributed by atoms with Crippen LogP contribution in [0.5, 0.6) is 0 Å². The molecule has 23 heavy (non-hydrogen) atoms. The minimum absolute atomic E-state index is 0.329. The minimum atomic E-state index is -1.38. The van der Waals surface area contributed by atoms with E-state index in [0.717, 1.165) is 5.75 Å². The van der Waals surface area contributed by atoms with Crippen LogP contribution in [0.15, 0.2) is 10.5 Å². The highest BCUT2D eigenvalue weighted by molar-refractivity contribution is 7.99. The van der Waals surface area contributed by atoms with Crippen LogP contribution < -0.4 is 16.6 Å². The first-order chi connectivity index (χ1) is 10.7. The molecule has 1 aromatic heterocycles. The van der Waals surface area contributed by atoms with Gasteiger partial charge in [0.25, 0.3) is 11.8 Å². The molecule has 7 nitrogen and oxygen atoms in total. The smallest absolute Gasteiger partial charge is 0.273 e. The summed E-state index contributed by atoms with van der Waals surface area (Å²) in [6.07, 6.45) is -0.874. The molecule has 2 amide bonds. The molecule has 0 aliphatic carbocycles. The lowest BCUT2D eigenvalue weighted by Gasteiger charge is -2.18. The number of rotatable bonds is 7. The van der Waals surface area contributed by atoms with Gasteiger partial charge in [-0.1, -0.05) is 13.8 Å². The zero-order valence-electron chi connectivity index (χ0n) is 13.9. The molecule has 0 bridgehead atoms. The molecule has 0 spiro atoms. The van der Waals surface area contributed by atoms with Crippen LogP contribution in [-0.4, -0.2) is 40.1 Å². The van der Waals surface area contributed by atoms with Gasteiger partial charge in [0.2, 0.25) is 0 Å². The molecule has 0 aliphatic heterocycles. The van der Waals surface area contributed by atoms with E-state index in [1.165, 1.54) is 0 Å². The molecule has 0 radical (unpaired) electrons. The molecule has 5 N–H and O–H groups in total. The van der Waals surface area contributed by atoms with E-state index in [1.807, 2.05) is 0 Å². The number of nitrogens with one attached hydrogen (secondary N) is 2. The zero-order valence-corrected chi connectivity index (χ0v) is 14.7.